The van der Waals surface area contributed by atoms with Crippen molar-refractivity contribution >= 4 is 32.2 Å². The Bertz CT molecular complexity index is 882. The van der Waals surface area contributed by atoms with Gasteiger partial charge in [0.1, 0.15) is 6.26 Å². The van der Waals surface area contributed by atoms with Gasteiger partial charge in [0.2, 0.25) is 0 Å². The van der Waals surface area contributed by atoms with E-state index >= 15 is 0 Å². The molecule has 92 valence electrons. The Morgan fingerprint density at radius 2 is 2.00 bits per heavy atom. The highest BCUT2D eigenvalue weighted by Gasteiger charge is 2.12. The first-order valence-corrected chi connectivity index (χ1v) is 6.97. The molecule has 3 aromatic heterocycles. The Balaban J connectivity index is 2.12. The van der Waals surface area contributed by atoms with Gasteiger partial charge in [-0.1, -0.05) is 12.1 Å². The van der Waals surface area contributed by atoms with Gasteiger partial charge in [-0.2, -0.15) is 0 Å². The van der Waals surface area contributed by atoms with E-state index in [2.05, 4.69) is 15.1 Å². The van der Waals surface area contributed by atoms with Crippen LogP contribution in [0.1, 0.15) is 0 Å². The van der Waals surface area contributed by atoms with E-state index in [9.17, 15) is 0 Å². The molecule has 4 rings (SSSR count). The largest absolute Gasteiger partial charge is 0.472 e. The van der Waals surface area contributed by atoms with Crippen molar-refractivity contribution in [2.45, 2.75) is 0 Å². The maximum Gasteiger partial charge on any atom is 0.185 e. The van der Waals surface area contributed by atoms with Gasteiger partial charge < -0.3 is 4.42 Å². The van der Waals surface area contributed by atoms with Crippen molar-refractivity contribution < 1.29 is 4.42 Å². The van der Waals surface area contributed by atoms with Crippen molar-refractivity contribution in [2.75, 3.05) is 0 Å². The van der Waals surface area contributed by atoms with E-state index in [-0.39, 0.29) is 0 Å². The summed E-state index contributed by atoms with van der Waals surface area (Å²) in [6.45, 7) is 0. The van der Waals surface area contributed by atoms with Crippen LogP contribution in [0, 0.1) is 0 Å². The van der Waals surface area contributed by atoms with Crippen molar-refractivity contribution in [3.8, 4) is 11.4 Å². The second-order valence-corrected chi connectivity index (χ2v) is 5.25. The molecule has 0 N–H and O–H groups in total. The highest BCUT2D eigenvalue weighted by Crippen LogP contribution is 2.20. The molecule has 1 aromatic carbocycles. The predicted molar refractivity (Wildman–Crippen MR) is 75.6 cm³/mol. The van der Waals surface area contributed by atoms with E-state index in [1.54, 1.807) is 12.5 Å². The molecule has 0 atom stereocenters. The van der Waals surface area contributed by atoms with Crippen LogP contribution in [0.5, 0.6) is 0 Å². The molecule has 19 heavy (non-hydrogen) atoms. The van der Waals surface area contributed by atoms with E-state index in [0.717, 1.165) is 37.8 Å². The third kappa shape index (κ3) is 1.50. The van der Waals surface area contributed by atoms with Crippen LogP contribution < -0.4 is 5.45 Å². The number of aromatic nitrogens is 4. The summed E-state index contributed by atoms with van der Waals surface area (Å²) in [4.78, 5) is 9.22. The monoisotopic (exact) mass is 266 g/mol. The van der Waals surface area contributed by atoms with Crippen molar-refractivity contribution in [1.82, 2.24) is 19.6 Å². The van der Waals surface area contributed by atoms with Crippen LogP contribution in [0.25, 0.3) is 27.9 Å². The van der Waals surface area contributed by atoms with Crippen LogP contribution in [0.4, 0.5) is 0 Å². The van der Waals surface area contributed by atoms with E-state index in [4.69, 9.17) is 4.42 Å². The molecule has 0 saturated heterocycles. The number of fused-ring (bicyclic) bond motifs is 3. The molecule has 0 radical (unpaired) electrons. The normalized spacial score (nSPS) is 11.6. The lowest BCUT2D eigenvalue weighted by atomic mass is 10.2. The number of para-hydroxylation sites is 1. The van der Waals surface area contributed by atoms with Gasteiger partial charge in [-0.15, -0.1) is 5.10 Å². The van der Waals surface area contributed by atoms with Gasteiger partial charge in [0.15, 0.2) is 11.5 Å². The van der Waals surface area contributed by atoms with Gasteiger partial charge in [0.05, 0.1) is 33.0 Å². The quantitative estimate of drug-likeness (QED) is 0.472. The summed E-state index contributed by atoms with van der Waals surface area (Å²) in [7, 11) is 0.815. The number of furan rings is 1. The average molecular weight is 266 g/mol. The maximum atomic E-state index is 5.09. The highest BCUT2D eigenvalue weighted by atomic mass is 28.1. The van der Waals surface area contributed by atoms with Crippen LogP contribution in [0.3, 0.4) is 0 Å². The smallest absolute Gasteiger partial charge is 0.185 e. The summed E-state index contributed by atoms with van der Waals surface area (Å²) < 4.78 is 6.92. The summed E-state index contributed by atoms with van der Waals surface area (Å²) in [5.74, 6) is 0.670. The molecule has 0 amide bonds. The molecule has 5 nitrogen and oxygen atoms in total. The SMILES string of the molecule is [SiH3]c1nc2ccccc2c2nc(-c3ccoc3)nn12. The number of rotatable bonds is 1. The van der Waals surface area contributed by atoms with Crippen molar-refractivity contribution in [2.24, 2.45) is 0 Å². The standard InChI is InChI=1S/C13H10N4OSi/c19-13-14-10-4-2-1-3-9(10)12-15-11(16-17(12)13)8-5-6-18-7-8/h1-7H,19H3. The Morgan fingerprint density at radius 3 is 2.84 bits per heavy atom. The molecule has 3 heterocycles. The highest BCUT2D eigenvalue weighted by molar-refractivity contribution is 6.30. The number of hydrogen-bond acceptors (Lipinski definition) is 4. The summed E-state index contributed by atoms with van der Waals surface area (Å²) in [5.41, 5.74) is 3.66. The Morgan fingerprint density at radius 1 is 1.11 bits per heavy atom. The average Bonchev–Trinajstić information content (AvgIpc) is 3.08. The zero-order chi connectivity index (χ0) is 12.8. The predicted octanol–water partition coefficient (Wildman–Crippen LogP) is 0.528. The lowest BCUT2D eigenvalue weighted by Crippen LogP contribution is -2.19. The molecular weight excluding hydrogens is 256 g/mol. The maximum absolute atomic E-state index is 5.09. The second-order valence-electron chi connectivity index (χ2n) is 4.36. The van der Waals surface area contributed by atoms with Gasteiger partial charge in [-0.05, 0) is 18.2 Å². The Kier molecular flexibility index (Phi) is 2.07. The molecule has 0 bridgehead atoms. The molecule has 0 aliphatic carbocycles. The van der Waals surface area contributed by atoms with Gasteiger partial charge >= 0.3 is 0 Å². The zero-order valence-corrected chi connectivity index (χ0v) is 12.2. The molecular formula is C13H10N4OSi. The minimum absolute atomic E-state index is 0.670. The van der Waals surface area contributed by atoms with Crippen LogP contribution in [0.2, 0.25) is 0 Å². The summed E-state index contributed by atoms with van der Waals surface area (Å²) in [5, 5.41) is 5.54. The molecule has 0 spiro atoms. The molecule has 6 heteroatoms. The first-order chi connectivity index (χ1) is 9.33. The van der Waals surface area contributed by atoms with Gasteiger partial charge in [-0.25, -0.2) is 14.5 Å². The third-order valence-corrected chi connectivity index (χ3v) is 3.77. The molecule has 0 unspecified atom stereocenters. The zero-order valence-electron chi connectivity index (χ0n) is 10.2. The van der Waals surface area contributed by atoms with Crippen molar-refractivity contribution in [1.29, 1.82) is 0 Å². The van der Waals surface area contributed by atoms with E-state index in [1.807, 2.05) is 34.8 Å². The Labute approximate surface area is 111 Å². The fourth-order valence-corrected chi connectivity index (χ4v) is 2.76. The van der Waals surface area contributed by atoms with Gasteiger partial charge in [0.25, 0.3) is 0 Å². The van der Waals surface area contributed by atoms with E-state index in [1.165, 1.54) is 0 Å². The fourth-order valence-electron chi connectivity index (χ4n) is 2.21. The van der Waals surface area contributed by atoms with Gasteiger partial charge in [0, 0.05) is 5.39 Å². The number of hydrogen-bond donors (Lipinski definition) is 0. The summed E-state index contributed by atoms with van der Waals surface area (Å²) in [6.07, 6.45) is 3.27. The minimum Gasteiger partial charge on any atom is -0.472 e. The van der Waals surface area contributed by atoms with E-state index < -0.39 is 0 Å². The van der Waals surface area contributed by atoms with Crippen LogP contribution in [-0.2, 0) is 0 Å². The van der Waals surface area contributed by atoms with Crippen LogP contribution in [0.15, 0.2) is 47.3 Å². The first kappa shape index (κ1) is 10.4. The Hall–Kier alpha value is -2.47. The molecule has 0 saturated carbocycles. The molecule has 0 fully saturated rings. The van der Waals surface area contributed by atoms with Crippen molar-refractivity contribution in [3.63, 3.8) is 0 Å². The second kappa shape index (κ2) is 3.76. The third-order valence-electron chi connectivity index (χ3n) is 3.12. The minimum atomic E-state index is 0.670. The number of nitrogens with zero attached hydrogens (tertiary/aromatic N) is 4. The number of benzene rings is 1. The molecule has 0 aliphatic rings. The van der Waals surface area contributed by atoms with E-state index in [0.29, 0.717) is 5.82 Å². The summed E-state index contributed by atoms with van der Waals surface area (Å²) >= 11 is 0. The first-order valence-electron chi connectivity index (χ1n) is 5.97. The molecule has 0 aliphatic heterocycles. The van der Waals surface area contributed by atoms with Crippen molar-refractivity contribution in [3.05, 3.63) is 42.9 Å². The summed E-state index contributed by atoms with van der Waals surface area (Å²) in [6, 6.07) is 9.86. The molecule has 4 aromatic rings. The lowest BCUT2D eigenvalue weighted by Gasteiger charge is -2.01. The van der Waals surface area contributed by atoms with Gasteiger partial charge in [-0.3, -0.25) is 0 Å². The topological polar surface area (TPSA) is 56.2 Å². The lowest BCUT2D eigenvalue weighted by molar-refractivity contribution is 0.568. The fraction of sp³-hybridized carbons (Fsp3) is 0. The van der Waals surface area contributed by atoms with Crippen LogP contribution in [-0.4, -0.2) is 29.8 Å². The van der Waals surface area contributed by atoms with Crippen LogP contribution >= 0.6 is 0 Å².